The van der Waals surface area contributed by atoms with Crippen LogP contribution in [-0.4, -0.2) is 41.4 Å². The SMILES string of the molecule is CCOC(=O)CC1CCC(NC(=O)C2CC(SC)CCC2Cl)CC1. The van der Waals surface area contributed by atoms with Crippen molar-refractivity contribution in [3.8, 4) is 0 Å². The minimum Gasteiger partial charge on any atom is -0.466 e. The number of carbonyl (C=O) groups excluding carboxylic acids is 2. The van der Waals surface area contributed by atoms with Crippen molar-refractivity contribution in [3.05, 3.63) is 0 Å². The number of hydrogen-bond acceptors (Lipinski definition) is 4. The van der Waals surface area contributed by atoms with Gasteiger partial charge in [-0.1, -0.05) is 0 Å². The Hall–Kier alpha value is -0.420. The highest BCUT2D eigenvalue weighted by molar-refractivity contribution is 7.99. The second kappa shape index (κ2) is 9.91. The summed E-state index contributed by atoms with van der Waals surface area (Å²) in [5.74, 6) is 0.367. The first-order valence-corrected chi connectivity index (χ1v) is 10.9. The van der Waals surface area contributed by atoms with Crippen LogP contribution in [0.25, 0.3) is 0 Å². The van der Waals surface area contributed by atoms with Crippen LogP contribution in [0.15, 0.2) is 0 Å². The zero-order valence-corrected chi connectivity index (χ0v) is 16.3. The van der Waals surface area contributed by atoms with Gasteiger partial charge in [-0.2, -0.15) is 11.8 Å². The lowest BCUT2D eigenvalue weighted by atomic mass is 9.83. The number of hydrogen-bond donors (Lipinski definition) is 1. The number of thioether (sulfide) groups is 1. The van der Waals surface area contributed by atoms with Gasteiger partial charge in [0.25, 0.3) is 0 Å². The van der Waals surface area contributed by atoms with Crippen LogP contribution < -0.4 is 5.32 Å². The lowest BCUT2D eigenvalue weighted by molar-refractivity contribution is -0.144. The average Bonchev–Trinajstić information content (AvgIpc) is 2.57. The van der Waals surface area contributed by atoms with Crippen molar-refractivity contribution < 1.29 is 14.3 Å². The number of esters is 1. The lowest BCUT2D eigenvalue weighted by Gasteiger charge is -2.34. The molecule has 0 aromatic heterocycles. The monoisotopic (exact) mass is 375 g/mol. The third-order valence-corrected chi connectivity index (χ3v) is 6.96. The smallest absolute Gasteiger partial charge is 0.306 e. The van der Waals surface area contributed by atoms with Gasteiger partial charge in [-0.15, -0.1) is 11.6 Å². The first kappa shape index (κ1) is 19.9. The van der Waals surface area contributed by atoms with Gasteiger partial charge in [-0.05, 0) is 64.0 Å². The first-order valence-electron chi connectivity index (χ1n) is 9.16. The Kier molecular flexibility index (Phi) is 8.21. The van der Waals surface area contributed by atoms with Crippen molar-refractivity contribution in [2.24, 2.45) is 11.8 Å². The summed E-state index contributed by atoms with van der Waals surface area (Å²) in [5.41, 5.74) is 0. The molecular weight excluding hydrogens is 346 g/mol. The van der Waals surface area contributed by atoms with Gasteiger partial charge in [0.2, 0.25) is 5.91 Å². The summed E-state index contributed by atoms with van der Waals surface area (Å²) >= 11 is 8.25. The Balaban J connectivity index is 1.74. The van der Waals surface area contributed by atoms with Crippen molar-refractivity contribution in [3.63, 3.8) is 0 Å². The van der Waals surface area contributed by atoms with E-state index in [1.54, 1.807) is 0 Å². The molecular formula is C18H30ClNO3S. The van der Waals surface area contributed by atoms with E-state index in [2.05, 4.69) is 11.6 Å². The standard InChI is InChI=1S/C18H30ClNO3S/c1-3-23-17(21)10-12-4-6-13(7-5-12)20-18(22)15-11-14(24-2)8-9-16(15)19/h12-16H,3-11H2,1-2H3,(H,20,22). The van der Waals surface area contributed by atoms with E-state index in [4.69, 9.17) is 16.3 Å². The van der Waals surface area contributed by atoms with Gasteiger partial charge >= 0.3 is 5.97 Å². The van der Waals surface area contributed by atoms with Crippen molar-refractivity contribution in [2.75, 3.05) is 12.9 Å². The van der Waals surface area contributed by atoms with Crippen LogP contribution in [0, 0.1) is 11.8 Å². The van der Waals surface area contributed by atoms with Gasteiger partial charge in [0.15, 0.2) is 0 Å². The number of carbonyl (C=O) groups is 2. The van der Waals surface area contributed by atoms with Gasteiger partial charge < -0.3 is 10.1 Å². The summed E-state index contributed by atoms with van der Waals surface area (Å²) in [7, 11) is 0. The third kappa shape index (κ3) is 5.83. The molecule has 2 aliphatic rings. The van der Waals surface area contributed by atoms with E-state index in [-0.39, 0.29) is 29.2 Å². The van der Waals surface area contributed by atoms with Gasteiger partial charge in [-0.3, -0.25) is 9.59 Å². The Bertz CT molecular complexity index is 426. The van der Waals surface area contributed by atoms with Crippen LogP contribution in [0.5, 0.6) is 0 Å². The minimum atomic E-state index is -0.0970. The molecule has 2 fully saturated rings. The van der Waals surface area contributed by atoms with Crippen molar-refractivity contribution in [1.29, 1.82) is 0 Å². The molecule has 138 valence electrons. The molecule has 1 amide bonds. The molecule has 0 aromatic rings. The maximum Gasteiger partial charge on any atom is 0.306 e. The molecule has 4 nitrogen and oxygen atoms in total. The Morgan fingerprint density at radius 2 is 1.88 bits per heavy atom. The summed E-state index contributed by atoms with van der Waals surface area (Å²) in [6.07, 6.45) is 9.39. The molecule has 0 radical (unpaired) electrons. The van der Waals surface area contributed by atoms with Gasteiger partial charge in [0.1, 0.15) is 0 Å². The Labute approximate surface area is 154 Å². The number of nitrogens with one attached hydrogen (secondary N) is 1. The van der Waals surface area contributed by atoms with Crippen molar-refractivity contribution in [2.45, 2.75) is 75.0 Å². The van der Waals surface area contributed by atoms with Crippen LogP contribution in [0.2, 0.25) is 0 Å². The van der Waals surface area contributed by atoms with Gasteiger partial charge in [0, 0.05) is 23.1 Å². The summed E-state index contributed by atoms with van der Waals surface area (Å²) in [4.78, 5) is 24.2. The minimum absolute atomic E-state index is 0.0337. The summed E-state index contributed by atoms with van der Waals surface area (Å²) < 4.78 is 5.02. The van der Waals surface area contributed by atoms with E-state index in [1.165, 1.54) is 0 Å². The Morgan fingerprint density at radius 3 is 2.50 bits per heavy atom. The number of alkyl halides is 1. The van der Waals surface area contributed by atoms with E-state index in [0.717, 1.165) is 44.9 Å². The average molecular weight is 376 g/mol. The zero-order valence-electron chi connectivity index (χ0n) is 14.8. The molecule has 0 saturated heterocycles. The molecule has 2 aliphatic carbocycles. The molecule has 24 heavy (non-hydrogen) atoms. The molecule has 2 saturated carbocycles. The van der Waals surface area contributed by atoms with Crippen LogP contribution >= 0.6 is 23.4 Å². The largest absolute Gasteiger partial charge is 0.466 e. The highest BCUT2D eigenvalue weighted by Gasteiger charge is 2.35. The molecule has 0 aliphatic heterocycles. The first-order chi connectivity index (χ1) is 11.5. The number of amides is 1. The maximum atomic E-state index is 12.6. The molecule has 0 heterocycles. The fourth-order valence-corrected chi connectivity index (χ4v) is 4.97. The van der Waals surface area contributed by atoms with Gasteiger partial charge in [-0.25, -0.2) is 0 Å². The molecule has 3 unspecified atom stereocenters. The number of ether oxygens (including phenoxy) is 1. The highest BCUT2D eigenvalue weighted by Crippen LogP contribution is 2.35. The molecule has 2 rings (SSSR count). The van der Waals surface area contributed by atoms with E-state index < -0.39 is 0 Å². The summed E-state index contributed by atoms with van der Waals surface area (Å²) in [5, 5.41) is 3.73. The van der Waals surface area contributed by atoms with Crippen LogP contribution in [-0.2, 0) is 14.3 Å². The second-order valence-electron chi connectivity index (χ2n) is 7.03. The molecule has 3 atom stereocenters. The summed E-state index contributed by atoms with van der Waals surface area (Å²) in [6, 6.07) is 0.231. The second-order valence-corrected chi connectivity index (χ2v) is 8.73. The van der Waals surface area contributed by atoms with E-state index in [9.17, 15) is 9.59 Å². The van der Waals surface area contributed by atoms with Crippen LogP contribution in [0.1, 0.15) is 58.3 Å². The quantitative estimate of drug-likeness (QED) is 0.567. The van der Waals surface area contributed by atoms with Crippen LogP contribution in [0.3, 0.4) is 0 Å². The maximum absolute atomic E-state index is 12.6. The topological polar surface area (TPSA) is 55.4 Å². The van der Waals surface area contributed by atoms with E-state index >= 15 is 0 Å². The fraction of sp³-hybridized carbons (Fsp3) is 0.889. The Morgan fingerprint density at radius 1 is 1.17 bits per heavy atom. The molecule has 0 aromatic carbocycles. The summed E-state index contributed by atoms with van der Waals surface area (Å²) in [6.45, 7) is 2.28. The highest BCUT2D eigenvalue weighted by atomic mass is 35.5. The van der Waals surface area contributed by atoms with Crippen molar-refractivity contribution >= 4 is 35.2 Å². The molecule has 1 N–H and O–H groups in total. The third-order valence-electron chi connectivity index (χ3n) is 5.34. The zero-order chi connectivity index (χ0) is 17.5. The van der Waals surface area contributed by atoms with E-state index in [1.807, 2.05) is 18.7 Å². The molecule has 6 heteroatoms. The normalized spacial score (nSPS) is 33.7. The van der Waals surface area contributed by atoms with Gasteiger partial charge in [0.05, 0.1) is 12.5 Å². The number of rotatable bonds is 6. The van der Waals surface area contributed by atoms with Crippen molar-refractivity contribution in [1.82, 2.24) is 5.32 Å². The molecule has 0 bridgehead atoms. The fourth-order valence-electron chi connectivity index (χ4n) is 3.86. The van der Waals surface area contributed by atoms with E-state index in [0.29, 0.717) is 24.2 Å². The lowest BCUT2D eigenvalue weighted by Crippen LogP contribution is -2.45. The number of halogens is 1. The predicted octanol–water partition coefficient (Wildman–Crippen LogP) is 3.75. The predicted molar refractivity (Wildman–Crippen MR) is 99.4 cm³/mol. The van der Waals surface area contributed by atoms with Crippen LogP contribution in [0.4, 0.5) is 0 Å². The molecule has 0 spiro atoms.